The molecule has 13 rings (SSSR count). The summed E-state index contributed by atoms with van der Waals surface area (Å²) < 4.78 is 47.5. The number of rotatable bonds is 8. The van der Waals surface area contributed by atoms with Crippen LogP contribution in [0.2, 0.25) is 0 Å². The third-order valence-electron chi connectivity index (χ3n) is 17.0. The van der Waals surface area contributed by atoms with Crippen molar-refractivity contribution in [2.75, 3.05) is 0 Å². The van der Waals surface area contributed by atoms with Crippen LogP contribution in [0.1, 0.15) is 55.6 Å². The minimum atomic E-state index is -4.64. The van der Waals surface area contributed by atoms with Crippen molar-refractivity contribution in [1.29, 1.82) is 5.26 Å². The summed E-state index contributed by atoms with van der Waals surface area (Å²) in [6.07, 6.45) is -4.64. The number of fused-ring (bicyclic) bond motifs is 6. The van der Waals surface area contributed by atoms with Gasteiger partial charge in [-0.25, -0.2) is 4.85 Å². The molecule has 0 spiro atoms. The van der Waals surface area contributed by atoms with E-state index in [4.69, 9.17) is 6.57 Å². The van der Waals surface area contributed by atoms with Crippen LogP contribution in [0.15, 0.2) is 200 Å². The number of hydrogen-bond donors (Lipinski definition) is 0. The second-order valence-corrected chi connectivity index (χ2v) is 22.8. The van der Waals surface area contributed by atoms with Gasteiger partial charge in [0.15, 0.2) is 5.69 Å². The Labute approximate surface area is 487 Å². The number of aromatic nitrogens is 2. The van der Waals surface area contributed by atoms with E-state index in [1.54, 1.807) is 0 Å². The van der Waals surface area contributed by atoms with Crippen molar-refractivity contribution < 1.29 is 13.2 Å². The summed E-state index contributed by atoms with van der Waals surface area (Å²) in [5, 5.41) is 15.1. The monoisotopic (exact) mass is 1090 g/mol. The standard InChI is InChI=1S/C77H57F3N4/c1-44-10-21-59(48(5)32-44)53-15-27-73-66(37-53)67-38-54(60-22-11-45(2)33-49(60)6)16-28-74(67)83(73)71-26-14-52(43-81)36-64(71)65-41-57(63-25-20-58(77(78,79)80)42-70(63)82-9)19-31-72(65)84-75-29-17-55(61-23-12-46(3)34-50(61)7)39-68(75)69-40-56(18-30-76(69)84)62-24-13-47(4)35-51(62)8/h10-42H,1-8H3. The van der Waals surface area contributed by atoms with Crippen LogP contribution < -0.4 is 0 Å². The molecular weight excluding hydrogens is 1040 g/mol. The molecule has 406 valence electrons. The van der Waals surface area contributed by atoms with Gasteiger partial charge in [0, 0.05) is 38.2 Å². The average Bonchev–Trinajstić information content (AvgIpc) is 2.05. The van der Waals surface area contributed by atoms with Crippen molar-refractivity contribution in [2.24, 2.45) is 0 Å². The molecule has 0 unspecified atom stereocenters. The molecule has 0 aliphatic carbocycles. The fraction of sp³-hybridized carbons (Fsp3) is 0.117. The Hall–Kier alpha value is -10.2. The number of hydrogen-bond acceptors (Lipinski definition) is 1. The van der Waals surface area contributed by atoms with Crippen molar-refractivity contribution in [2.45, 2.75) is 61.6 Å². The van der Waals surface area contributed by atoms with Crippen LogP contribution in [0.4, 0.5) is 18.9 Å². The minimum Gasteiger partial charge on any atom is -0.309 e. The van der Waals surface area contributed by atoms with Gasteiger partial charge < -0.3 is 9.13 Å². The van der Waals surface area contributed by atoms with E-state index in [-0.39, 0.29) is 5.69 Å². The highest BCUT2D eigenvalue weighted by atomic mass is 19.4. The van der Waals surface area contributed by atoms with Crippen molar-refractivity contribution in [3.05, 3.63) is 267 Å². The van der Waals surface area contributed by atoms with Gasteiger partial charge in [0.1, 0.15) is 0 Å². The number of alkyl halides is 3. The first-order valence-electron chi connectivity index (χ1n) is 28.2. The quantitative estimate of drug-likeness (QED) is 0.140. The van der Waals surface area contributed by atoms with Crippen molar-refractivity contribution in [1.82, 2.24) is 9.13 Å². The van der Waals surface area contributed by atoms with Crippen LogP contribution in [0.3, 0.4) is 0 Å². The third kappa shape index (κ3) is 9.10. The van der Waals surface area contributed by atoms with Crippen LogP contribution in [0.25, 0.3) is 127 Å². The lowest BCUT2D eigenvalue weighted by Crippen LogP contribution is -2.04. The number of nitriles is 1. The zero-order valence-corrected chi connectivity index (χ0v) is 48.0. The molecule has 13 aromatic rings. The molecule has 0 bridgehead atoms. The maximum atomic E-state index is 14.3. The first kappa shape index (κ1) is 53.1. The van der Waals surface area contributed by atoms with Crippen LogP contribution in [0, 0.1) is 73.3 Å². The van der Waals surface area contributed by atoms with Gasteiger partial charge in [0.05, 0.1) is 51.6 Å². The minimum absolute atomic E-state index is 0.120. The highest BCUT2D eigenvalue weighted by molar-refractivity contribution is 6.14. The second-order valence-electron chi connectivity index (χ2n) is 22.8. The van der Waals surface area contributed by atoms with Crippen LogP contribution in [0.5, 0.6) is 0 Å². The highest BCUT2D eigenvalue weighted by Gasteiger charge is 2.31. The van der Waals surface area contributed by atoms with Crippen molar-refractivity contribution >= 4 is 49.3 Å². The molecule has 0 saturated heterocycles. The largest absolute Gasteiger partial charge is 0.415 e. The predicted molar refractivity (Wildman–Crippen MR) is 342 cm³/mol. The Bertz CT molecular complexity index is 4790. The molecule has 7 heteroatoms. The Morgan fingerprint density at radius 1 is 0.357 bits per heavy atom. The molecule has 0 N–H and O–H groups in total. The summed E-state index contributed by atoms with van der Waals surface area (Å²) in [7, 11) is 0. The second kappa shape index (κ2) is 20.3. The SMILES string of the molecule is [C-]#[N+]c1cc(C(F)(F)F)ccc1-c1ccc(-n2c3ccc(-c4ccc(C)cc4C)cc3c3cc(-c4ccc(C)cc4C)ccc32)c(-c2cc(C#N)ccc2-n2c3ccc(-c4ccc(C)cc4C)cc3c3cc(-c4ccc(C)cc4C)ccc32)c1. The molecule has 0 aliphatic rings. The summed E-state index contributed by atoms with van der Waals surface area (Å²) in [6.45, 7) is 25.3. The lowest BCUT2D eigenvalue weighted by atomic mass is 9.93. The summed E-state index contributed by atoms with van der Waals surface area (Å²) >= 11 is 0. The molecule has 0 radical (unpaired) electrons. The fourth-order valence-corrected chi connectivity index (χ4v) is 13.0. The smallest absolute Gasteiger partial charge is 0.309 e. The molecule has 2 aromatic heterocycles. The first-order chi connectivity index (χ1) is 40.4. The van der Waals surface area contributed by atoms with Gasteiger partial charge >= 0.3 is 6.18 Å². The summed E-state index contributed by atoms with van der Waals surface area (Å²) in [4.78, 5) is 3.69. The highest BCUT2D eigenvalue weighted by Crippen LogP contribution is 2.47. The number of halogens is 3. The molecule has 0 atom stereocenters. The molecule has 84 heavy (non-hydrogen) atoms. The average molecular weight is 1100 g/mol. The van der Waals surface area contributed by atoms with E-state index < -0.39 is 11.7 Å². The van der Waals surface area contributed by atoms with Gasteiger partial charge in [-0.2, -0.15) is 18.4 Å². The third-order valence-corrected chi connectivity index (χ3v) is 17.0. The van der Waals surface area contributed by atoms with Gasteiger partial charge in [-0.3, -0.25) is 0 Å². The van der Waals surface area contributed by atoms with E-state index in [1.165, 1.54) is 50.6 Å². The molecule has 2 heterocycles. The topological polar surface area (TPSA) is 38.0 Å². The van der Waals surface area contributed by atoms with Gasteiger partial charge in [-0.1, -0.05) is 138 Å². The summed E-state index contributed by atoms with van der Waals surface area (Å²) in [5.41, 5.74) is 25.5. The lowest BCUT2D eigenvalue weighted by Gasteiger charge is -2.21. The maximum Gasteiger partial charge on any atom is 0.415 e. The fourth-order valence-electron chi connectivity index (χ4n) is 13.0. The van der Waals surface area contributed by atoms with E-state index >= 15 is 0 Å². The van der Waals surface area contributed by atoms with Crippen LogP contribution in [-0.4, -0.2) is 9.13 Å². The number of nitrogens with zero attached hydrogens (tertiary/aromatic N) is 4. The Morgan fingerprint density at radius 2 is 0.690 bits per heavy atom. The van der Waals surface area contributed by atoms with Gasteiger partial charge in [0.2, 0.25) is 0 Å². The predicted octanol–water partition coefficient (Wildman–Crippen LogP) is 21.8. The zero-order chi connectivity index (χ0) is 58.5. The van der Waals surface area contributed by atoms with Gasteiger partial charge in [0.25, 0.3) is 0 Å². The van der Waals surface area contributed by atoms with Gasteiger partial charge in [-0.05, 0) is 218 Å². The Balaban J connectivity index is 1.13. The first-order valence-corrected chi connectivity index (χ1v) is 28.2. The molecule has 0 saturated carbocycles. The molecular formula is C77H57F3N4. The van der Waals surface area contributed by atoms with E-state index in [0.717, 1.165) is 112 Å². The molecule has 11 aromatic carbocycles. The van der Waals surface area contributed by atoms with Crippen molar-refractivity contribution in [3.8, 4) is 84.2 Å². The Kier molecular flexibility index (Phi) is 12.9. The normalized spacial score (nSPS) is 11.7. The molecule has 4 nitrogen and oxygen atoms in total. The van der Waals surface area contributed by atoms with Crippen molar-refractivity contribution in [3.63, 3.8) is 0 Å². The number of benzene rings is 11. The number of aryl methyl sites for hydroxylation is 8. The summed E-state index contributed by atoms with van der Waals surface area (Å²) in [5.74, 6) is 0. The lowest BCUT2D eigenvalue weighted by molar-refractivity contribution is -0.137. The van der Waals surface area contributed by atoms with E-state index in [1.807, 2.05) is 36.4 Å². The molecule has 0 aliphatic heterocycles. The zero-order valence-electron chi connectivity index (χ0n) is 48.0. The summed E-state index contributed by atoms with van der Waals surface area (Å²) in [6, 6.07) is 70.4. The maximum absolute atomic E-state index is 14.3. The van der Waals surface area contributed by atoms with E-state index in [9.17, 15) is 18.4 Å². The molecule has 0 amide bonds. The van der Waals surface area contributed by atoms with Gasteiger partial charge in [-0.15, -0.1) is 0 Å². The molecule has 0 fully saturated rings. The van der Waals surface area contributed by atoms with Crippen LogP contribution in [-0.2, 0) is 6.18 Å². The Morgan fingerprint density at radius 3 is 1.04 bits per heavy atom. The van der Waals surface area contributed by atoms with E-state index in [0.29, 0.717) is 27.8 Å². The van der Waals surface area contributed by atoms with Crippen LogP contribution >= 0.6 is 0 Å². The van der Waals surface area contributed by atoms with E-state index in [2.05, 4.69) is 221 Å².